The molecule has 0 spiro atoms. The zero-order chi connectivity index (χ0) is 11.3. The number of hydrogen-bond donors (Lipinski definition) is 1. The lowest BCUT2D eigenvalue weighted by Gasteiger charge is -2.03. The maximum absolute atomic E-state index is 4.45. The third kappa shape index (κ3) is 5.11. The normalized spacial score (nSPS) is 11.3. The Morgan fingerprint density at radius 2 is 1.93 bits per heavy atom. The molecule has 1 aromatic rings. The van der Waals surface area contributed by atoms with Gasteiger partial charge in [-0.05, 0) is 18.3 Å². The predicted molar refractivity (Wildman–Crippen MR) is 66.4 cm³/mol. The van der Waals surface area contributed by atoms with Crippen molar-refractivity contribution >= 4 is 16.7 Å². The van der Waals surface area contributed by atoms with Gasteiger partial charge in [0.05, 0.1) is 0 Å². The Kier molecular flexibility index (Phi) is 5.02. The summed E-state index contributed by atoms with van der Waals surface area (Å²) in [5, 5.41) is 4.26. The Balaban J connectivity index is 2.35. The lowest BCUT2D eigenvalue weighted by Crippen LogP contribution is -2.07. The second-order valence-electron chi connectivity index (χ2n) is 4.72. The van der Waals surface area contributed by atoms with Gasteiger partial charge in [0.2, 0.25) is 5.13 Å². The van der Waals surface area contributed by atoms with E-state index in [0.717, 1.165) is 29.8 Å². The van der Waals surface area contributed by atoms with Crippen molar-refractivity contribution in [3.05, 3.63) is 5.82 Å². The van der Waals surface area contributed by atoms with Crippen LogP contribution in [0.15, 0.2) is 0 Å². The van der Waals surface area contributed by atoms with Gasteiger partial charge in [-0.1, -0.05) is 27.7 Å². The second-order valence-corrected chi connectivity index (χ2v) is 5.47. The van der Waals surface area contributed by atoms with Gasteiger partial charge in [0, 0.05) is 24.5 Å². The number of rotatable bonds is 6. The zero-order valence-electron chi connectivity index (χ0n) is 10.1. The summed E-state index contributed by atoms with van der Waals surface area (Å²) in [4.78, 5) is 4.45. The molecule has 0 aliphatic rings. The molecule has 1 rings (SSSR count). The average molecular weight is 227 g/mol. The van der Waals surface area contributed by atoms with Crippen LogP contribution < -0.4 is 5.32 Å². The van der Waals surface area contributed by atoms with Gasteiger partial charge in [-0.15, -0.1) is 0 Å². The number of nitrogens with one attached hydrogen (secondary N) is 1. The van der Waals surface area contributed by atoms with Gasteiger partial charge >= 0.3 is 0 Å². The first-order chi connectivity index (χ1) is 7.08. The minimum absolute atomic E-state index is 0.646. The molecule has 0 fully saturated rings. The molecule has 0 saturated heterocycles. The van der Waals surface area contributed by atoms with Gasteiger partial charge in [-0.3, -0.25) is 0 Å². The van der Waals surface area contributed by atoms with E-state index in [1.165, 1.54) is 18.0 Å². The van der Waals surface area contributed by atoms with E-state index < -0.39 is 0 Å². The van der Waals surface area contributed by atoms with Crippen LogP contribution in [0.2, 0.25) is 0 Å². The molecule has 0 atom stereocenters. The van der Waals surface area contributed by atoms with E-state index in [-0.39, 0.29) is 0 Å². The van der Waals surface area contributed by atoms with E-state index in [2.05, 4.69) is 42.4 Å². The van der Waals surface area contributed by atoms with Crippen molar-refractivity contribution in [2.24, 2.45) is 11.8 Å². The highest BCUT2D eigenvalue weighted by atomic mass is 32.1. The van der Waals surface area contributed by atoms with Crippen LogP contribution in [0.5, 0.6) is 0 Å². The Bertz CT molecular complexity index is 255. The Morgan fingerprint density at radius 1 is 1.20 bits per heavy atom. The molecule has 0 aliphatic carbocycles. The van der Waals surface area contributed by atoms with E-state index >= 15 is 0 Å². The maximum atomic E-state index is 4.45. The molecule has 1 N–H and O–H groups in total. The molecule has 15 heavy (non-hydrogen) atoms. The van der Waals surface area contributed by atoms with Crippen molar-refractivity contribution in [1.29, 1.82) is 0 Å². The number of hydrogen-bond acceptors (Lipinski definition) is 4. The minimum Gasteiger partial charge on any atom is -0.360 e. The lowest BCUT2D eigenvalue weighted by atomic mass is 10.1. The van der Waals surface area contributed by atoms with Crippen LogP contribution in [-0.4, -0.2) is 15.9 Å². The van der Waals surface area contributed by atoms with Crippen LogP contribution in [0.4, 0.5) is 5.13 Å². The molecule has 0 aliphatic heterocycles. The largest absolute Gasteiger partial charge is 0.360 e. The predicted octanol–water partition coefficient (Wildman–Crippen LogP) is 3.19. The molecule has 3 nitrogen and oxygen atoms in total. The summed E-state index contributed by atoms with van der Waals surface area (Å²) in [6.45, 7) is 9.80. The summed E-state index contributed by atoms with van der Waals surface area (Å²) < 4.78 is 4.33. The molecule has 86 valence electrons. The van der Waals surface area contributed by atoms with Crippen LogP contribution in [0, 0.1) is 11.8 Å². The third-order valence-corrected chi connectivity index (χ3v) is 2.79. The first-order valence-electron chi connectivity index (χ1n) is 5.64. The molecule has 0 aromatic carbocycles. The molecule has 1 aromatic heterocycles. The van der Waals surface area contributed by atoms with Crippen LogP contribution in [0.1, 0.15) is 39.9 Å². The van der Waals surface area contributed by atoms with Crippen molar-refractivity contribution in [2.75, 3.05) is 11.9 Å². The van der Waals surface area contributed by atoms with Crippen molar-refractivity contribution in [1.82, 2.24) is 9.36 Å². The number of anilines is 1. The fourth-order valence-corrected chi connectivity index (χ4v) is 1.75. The second kappa shape index (κ2) is 6.05. The molecule has 1 heterocycles. The van der Waals surface area contributed by atoms with Gasteiger partial charge in [0.1, 0.15) is 5.82 Å². The number of aromatic nitrogens is 2. The van der Waals surface area contributed by atoms with Gasteiger partial charge in [-0.25, -0.2) is 4.98 Å². The van der Waals surface area contributed by atoms with Gasteiger partial charge in [0.15, 0.2) is 0 Å². The SMILES string of the molecule is CC(C)CCc1nsc(NCC(C)C)n1. The standard InChI is InChI=1S/C11H21N3S/c1-8(2)5-6-10-13-11(15-14-10)12-7-9(3)4/h8-9H,5-7H2,1-4H3,(H,12,13,14). The van der Waals surface area contributed by atoms with E-state index in [9.17, 15) is 0 Å². The monoisotopic (exact) mass is 227 g/mol. The maximum Gasteiger partial charge on any atom is 0.202 e. The summed E-state index contributed by atoms with van der Waals surface area (Å²) in [5.74, 6) is 2.36. The highest BCUT2D eigenvalue weighted by Crippen LogP contribution is 2.14. The van der Waals surface area contributed by atoms with Gasteiger partial charge in [0.25, 0.3) is 0 Å². The van der Waals surface area contributed by atoms with Crippen molar-refractivity contribution in [2.45, 2.75) is 40.5 Å². The highest BCUT2D eigenvalue weighted by molar-refractivity contribution is 7.09. The fourth-order valence-electron chi connectivity index (χ4n) is 1.14. The summed E-state index contributed by atoms with van der Waals surface area (Å²) in [5.41, 5.74) is 0. The quantitative estimate of drug-likeness (QED) is 0.811. The lowest BCUT2D eigenvalue weighted by molar-refractivity contribution is 0.577. The van der Waals surface area contributed by atoms with Crippen LogP contribution >= 0.6 is 11.5 Å². The summed E-state index contributed by atoms with van der Waals surface area (Å²) in [6.07, 6.45) is 2.16. The Morgan fingerprint density at radius 3 is 2.53 bits per heavy atom. The van der Waals surface area contributed by atoms with Crippen LogP contribution in [-0.2, 0) is 6.42 Å². The first-order valence-corrected chi connectivity index (χ1v) is 6.41. The van der Waals surface area contributed by atoms with Crippen molar-refractivity contribution in [3.63, 3.8) is 0 Å². The molecule has 4 heteroatoms. The number of aryl methyl sites for hydroxylation is 1. The average Bonchev–Trinajstić information content (AvgIpc) is 2.59. The molecule has 0 unspecified atom stereocenters. The first kappa shape index (κ1) is 12.4. The molecule has 0 amide bonds. The van der Waals surface area contributed by atoms with E-state index in [1.807, 2.05) is 0 Å². The Labute approximate surface area is 96.5 Å². The molecule has 0 bridgehead atoms. The van der Waals surface area contributed by atoms with Crippen molar-refractivity contribution < 1.29 is 0 Å². The van der Waals surface area contributed by atoms with E-state index in [4.69, 9.17) is 0 Å². The summed E-state index contributed by atoms with van der Waals surface area (Å²) in [7, 11) is 0. The number of nitrogens with zero attached hydrogens (tertiary/aromatic N) is 2. The zero-order valence-corrected chi connectivity index (χ0v) is 10.9. The third-order valence-electron chi connectivity index (χ3n) is 2.07. The van der Waals surface area contributed by atoms with E-state index in [1.54, 1.807) is 0 Å². The van der Waals surface area contributed by atoms with Gasteiger partial charge < -0.3 is 5.32 Å². The smallest absolute Gasteiger partial charge is 0.202 e. The molecule has 0 saturated carbocycles. The van der Waals surface area contributed by atoms with Crippen molar-refractivity contribution in [3.8, 4) is 0 Å². The van der Waals surface area contributed by atoms with Gasteiger partial charge in [-0.2, -0.15) is 4.37 Å². The Hall–Kier alpha value is -0.640. The highest BCUT2D eigenvalue weighted by Gasteiger charge is 2.05. The summed E-state index contributed by atoms with van der Waals surface area (Å²) >= 11 is 1.47. The fraction of sp³-hybridized carbons (Fsp3) is 0.818. The van der Waals surface area contributed by atoms with Crippen LogP contribution in [0.3, 0.4) is 0 Å². The van der Waals surface area contributed by atoms with Crippen LogP contribution in [0.25, 0.3) is 0 Å². The summed E-state index contributed by atoms with van der Waals surface area (Å²) in [6, 6.07) is 0. The molecular formula is C11H21N3S. The molecular weight excluding hydrogens is 206 g/mol. The molecule has 0 radical (unpaired) electrons. The minimum atomic E-state index is 0.646. The van der Waals surface area contributed by atoms with E-state index in [0.29, 0.717) is 5.92 Å². The topological polar surface area (TPSA) is 37.8 Å².